The van der Waals surface area contributed by atoms with E-state index in [0.717, 1.165) is 31.7 Å². The van der Waals surface area contributed by atoms with Crippen molar-refractivity contribution in [3.05, 3.63) is 0 Å². The van der Waals surface area contributed by atoms with E-state index in [1.807, 2.05) is 4.90 Å². The predicted octanol–water partition coefficient (Wildman–Crippen LogP) is 3.01. The lowest BCUT2D eigenvalue weighted by atomic mass is 9.57. The number of hydrogen-bond acceptors (Lipinski definition) is 5. The molecule has 0 aromatic heterocycles. The highest BCUT2D eigenvalue weighted by atomic mass is 28.3. The van der Waals surface area contributed by atoms with Crippen LogP contribution in [0.3, 0.4) is 0 Å². The fourth-order valence-corrected chi connectivity index (χ4v) is 6.17. The van der Waals surface area contributed by atoms with Crippen molar-refractivity contribution in [1.29, 1.82) is 0 Å². The SMILES string of the molecule is C[Si](C)(C)CCOCN1C(=O)N(C2CC3(CCC(=O)CC3)C2)[C@@]2(CCOC2)C1=O. The number of amides is 3. The molecule has 2 saturated heterocycles. The lowest BCUT2D eigenvalue weighted by Gasteiger charge is -2.54. The van der Waals surface area contributed by atoms with Crippen molar-refractivity contribution in [3.8, 4) is 0 Å². The lowest BCUT2D eigenvalue weighted by molar-refractivity contribution is -0.139. The monoisotopic (exact) mass is 422 g/mol. The van der Waals surface area contributed by atoms with E-state index in [1.54, 1.807) is 0 Å². The zero-order valence-electron chi connectivity index (χ0n) is 18.0. The van der Waals surface area contributed by atoms with Crippen LogP contribution in [0.4, 0.5) is 4.79 Å². The van der Waals surface area contributed by atoms with Gasteiger partial charge >= 0.3 is 6.03 Å². The summed E-state index contributed by atoms with van der Waals surface area (Å²) >= 11 is 0. The van der Waals surface area contributed by atoms with Gasteiger partial charge < -0.3 is 14.4 Å². The number of nitrogens with zero attached hydrogens (tertiary/aromatic N) is 2. The maximum atomic E-state index is 13.3. The van der Waals surface area contributed by atoms with E-state index >= 15 is 0 Å². The molecular weight excluding hydrogens is 388 g/mol. The van der Waals surface area contributed by atoms with E-state index in [1.165, 1.54) is 4.90 Å². The van der Waals surface area contributed by atoms with Crippen LogP contribution in [0.2, 0.25) is 25.7 Å². The lowest BCUT2D eigenvalue weighted by Crippen LogP contribution is -2.61. The van der Waals surface area contributed by atoms with E-state index in [2.05, 4.69) is 19.6 Å². The average molecular weight is 423 g/mol. The molecule has 0 radical (unpaired) electrons. The van der Waals surface area contributed by atoms with E-state index in [9.17, 15) is 14.4 Å². The van der Waals surface area contributed by atoms with Crippen molar-refractivity contribution >= 4 is 25.8 Å². The topological polar surface area (TPSA) is 76.2 Å². The fourth-order valence-electron chi connectivity index (χ4n) is 5.41. The largest absolute Gasteiger partial charge is 0.378 e. The molecule has 0 unspecified atom stereocenters. The van der Waals surface area contributed by atoms with Gasteiger partial charge in [-0.2, -0.15) is 0 Å². The summed E-state index contributed by atoms with van der Waals surface area (Å²) in [5, 5.41) is 0. The number of imide groups is 1. The number of rotatable bonds is 6. The second-order valence-corrected chi connectivity index (χ2v) is 16.3. The molecule has 1 atom stereocenters. The van der Waals surface area contributed by atoms with E-state index < -0.39 is 13.6 Å². The van der Waals surface area contributed by atoms with Gasteiger partial charge in [-0.05, 0) is 37.1 Å². The molecule has 2 heterocycles. The molecule has 29 heavy (non-hydrogen) atoms. The van der Waals surface area contributed by atoms with Crippen molar-refractivity contribution in [2.75, 3.05) is 26.6 Å². The first-order valence-electron chi connectivity index (χ1n) is 11.0. The van der Waals surface area contributed by atoms with Crippen molar-refractivity contribution in [3.63, 3.8) is 0 Å². The van der Waals surface area contributed by atoms with Crippen LogP contribution in [0.5, 0.6) is 0 Å². The van der Waals surface area contributed by atoms with E-state index in [4.69, 9.17) is 9.47 Å². The summed E-state index contributed by atoms with van der Waals surface area (Å²) in [6, 6.07) is 0.846. The number of carbonyl (C=O) groups is 3. The molecule has 2 saturated carbocycles. The van der Waals surface area contributed by atoms with Crippen molar-refractivity contribution < 1.29 is 23.9 Å². The predicted molar refractivity (Wildman–Crippen MR) is 110 cm³/mol. The zero-order valence-corrected chi connectivity index (χ0v) is 19.0. The molecule has 0 N–H and O–H groups in total. The second kappa shape index (κ2) is 7.46. The minimum Gasteiger partial charge on any atom is -0.378 e. The highest BCUT2D eigenvalue weighted by Gasteiger charge is 2.64. The minimum atomic E-state index is -1.22. The highest BCUT2D eigenvalue weighted by molar-refractivity contribution is 6.76. The molecule has 162 valence electrons. The van der Waals surface area contributed by atoms with E-state index in [-0.39, 0.29) is 36.7 Å². The Labute approximate surface area is 174 Å². The number of ether oxygens (including phenoxy) is 2. The molecule has 0 bridgehead atoms. The summed E-state index contributed by atoms with van der Waals surface area (Å²) in [5.41, 5.74) is -0.667. The Hall–Kier alpha value is -1.25. The Morgan fingerprint density at radius 3 is 2.38 bits per heavy atom. The van der Waals surface area contributed by atoms with Gasteiger partial charge in [-0.3, -0.25) is 9.59 Å². The maximum Gasteiger partial charge on any atom is 0.329 e. The molecule has 7 nitrogen and oxygen atoms in total. The molecule has 4 fully saturated rings. The smallest absolute Gasteiger partial charge is 0.329 e. The summed E-state index contributed by atoms with van der Waals surface area (Å²) in [6.07, 6.45) is 5.51. The summed E-state index contributed by atoms with van der Waals surface area (Å²) in [5.74, 6) is 0.196. The molecule has 4 rings (SSSR count). The van der Waals surface area contributed by atoms with Crippen LogP contribution < -0.4 is 0 Å². The molecule has 8 heteroatoms. The number of hydrogen-bond donors (Lipinski definition) is 0. The standard InChI is InChI=1S/C21H34N2O5Si/c1-29(2,3)11-10-28-15-22-18(25)21(8-9-27-14-21)23(19(22)26)16-12-20(13-16)6-4-17(24)5-7-20/h16H,4-15H2,1-3H3/t21-/m1/s1. The van der Waals surface area contributed by atoms with Crippen LogP contribution in [0.1, 0.15) is 44.9 Å². The molecule has 2 aliphatic heterocycles. The van der Waals surface area contributed by atoms with Crippen LogP contribution in [-0.2, 0) is 19.1 Å². The van der Waals surface area contributed by atoms with Crippen molar-refractivity contribution in [1.82, 2.24) is 9.80 Å². The van der Waals surface area contributed by atoms with Crippen LogP contribution in [0, 0.1) is 5.41 Å². The first-order valence-corrected chi connectivity index (χ1v) is 14.7. The Morgan fingerprint density at radius 2 is 1.79 bits per heavy atom. The van der Waals surface area contributed by atoms with Gasteiger partial charge in [-0.1, -0.05) is 19.6 Å². The van der Waals surface area contributed by atoms with Gasteiger partial charge in [0, 0.05) is 46.6 Å². The quantitative estimate of drug-likeness (QED) is 0.374. The van der Waals surface area contributed by atoms with E-state index in [0.29, 0.717) is 38.3 Å². The molecule has 4 aliphatic rings. The number of carbonyl (C=O) groups excluding carboxylic acids is 3. The fraction of sp³-hybridized carbons (Fsp3) is 0.857. The normalized spacial score (nSPS) is 30.1. The summed E-state index contributed by atoms with van der Waals surface area (Å²) in [4.78, 5) is 41.3. The Balaban J connectivity index is 1.43. The highest BCUT2D eigenvalue weighted by Crippen LogP contribution is 2.55. The third-order valence-corrected chi connectivity index (χ3v) is 9.03. The molecule has 2 spiro atoms. The number of ketones is 1. The molecule has 0 aromatic rings. The third kappa shape index (κ3) is 3.79. The minimum absolute atomic E-state index is 0.0345. The van der Waals surface area contributed by atoms with Gasteiger partial charge in [-0.25, -0.2) is 9.69 Å². The molecule has 3 amide bonds. The number of urea groups is 1. The van der Waals surface area contributed by atoms with Crippen LogP contribution in [0.15, 0.2) is 0 Å². The van der Waals surface area contributed by atoms with Gasteiger partial charge in [0.2, 0.25) is 0 Å². The summed E-state index contributed by atoms with van der Waals surface area (Å²) in [7, 11) is -1.22. The van der Waals surface area contributed by atoms with Gasteiger partial charge in [0.25, 0.3) is 5.91 Å². The van der Waals surface area contributed by atoms with Gasteiger partial charge in [-0.15, -0.1) is 0 Å². The summed E-state index contributed by atoms with van der Waals surface area (Å²) in [6.45, 7) is 8.24. The summed E-state index contributed by atoms with van der Waals surface area (Å²) < 4.78 is 11.4. The Bertz CT molecular complexity index is 680. The molecular formula is C21H34N2O5Si. The Morgan fingerprint density at radius 1 is 1.10 bits per heavy atom. The molecule has 2 aliphatic carbocycles. The Kier molecular flexibility index (Phi) is 5.40. The second-order valence-electron chi connectivity index (χ2n) is 10.7. The van der Waals surface area contributed by atoms with Crippen molar-refractivity contribution in [2.24, 2.45) is 5.41 Å². The number of Topliss-reactive ketones (excluding diaryl/α,β-unsaturated/α-hetero) is 1. The van der Waals surface area contributed by atoms with Crippen LogP contribution >= 0.6 is 0 Å². The van der Waals surface area contributed by atoms with Gasteiger partial charge in [0.05, 0.1) is 6.61 Å². The first kappa shape index (κ1) is 21.0. The van der Waals surface area contributed by atoms with Gasteiger partial charge in [0.1, 0.15) is 18.1 Å². The van der Waals surface area contributed by atoms with Gasteiger partial charge in [0.15, 0.2) is 0 Å². The third-order valence-electron chi connectivity index (χ3n) is 7.33. The molecule has 0 aromatic carbocycles. The van der Waals surface area contributed by atoms with Crippen LogP contribution in [0.25, 0.3) is 0 Å². The average Bonchev–Trinajstić information content (AvgIpc) is 3.17. The maximum absolute atomic E-state index is 13.3. The van der Waals surface area contributed by atoms with Crippen LogP contribution in [-0.4, -0.2) is 73.7 Å². The zero-order chi connectivity index (χ0) is 20.9. The first-order chi connectivity index (χ1) is 13.7. The van der Waals surface area contributed by atoms with Crippen molar-refractivity contribution in [2.45, 2.75) is 82.2 Å².